The molecule has 0 fully saturated rings. The summed E-state index contributed by atoms with van der Waals surface area (Å²) < 4.78 is 12.9. The Kier molecular flexibility index (Phi) is 6.82. The van der Waals surface area contributed by atoms with Crippen LogP contribution in [0.5, 0.6) is 11.5 Å². The van der Waals surface area contributed by atoms with Gasteiger partial charge in [0.15, 0.2) is 11.5 Å². The fraction of sp³-hybridized carbons (Fsp3) is 0.292. The molecule has 32 heavy (non-hydrogen) atoms. The maximum absolute atomic E-state index is 5.62. The monoisotopic (exact) mass is 449 g/mol. The summed E-state index contributed by atoms with van der Waals surface area (Å²) in [5.74, 6) is 1.47. The summed E-state index contributed by atoms with van der Waals surface area (Å²) in [6, 6.07) is 14.6. The van der Waals surface area contributed by atoms with E-state index in [9.17, 15) is 0 Å². The number of nitrogens with zero attached hydrogens (tertiary/aromatic N) is 5. The van der Waals surface area contributed by atoms with Gasteiger partial charge in [0.05, 0.1) is 25.1 Å². The third-order valence-electron chi connectivity index (χ3n) is 5.39. The zero-order chi connectivity index (χ0) is 22.5. The minimum Gasteiger partial charge on any atom is -0.493 e. The van der Waals surface area contributed by atoms with Gasteiger partial charge < -0.3 is 9.47 Å². The maximum atomic E-state index is 5.62. The molecule has 0 aliphatic carbocycles. The summed E-state index contributed by atoms with van der Waals surface area (Å²) >= 11 is 1.64. The van der Waals surface area contributed by atoms with E-state index in [1.165, 1.54) is 11.9 Å². The first-order valence-electron chi connectivity index (χ1n) is 10.5. The first kappa shape index (κ1) is 22.0. The smallest absolute Gasteiger partial charge is 0.161 e. The minimum atomic E-state index is 0.246. The summed E-state index contributed by atoms with van der Waals surface area (Å²) in [4.78, 5) is 11.2. The number of benzene rings is 2. The number of ether oxygens (including phenoxy) is 2. The zero-order valence-electron chi connectivity index (χ0n) is 18.7. The predicted molar refractivity (Wildman–Crippen MR) is 127 cm³/mol. The van der Waals surface area contributed by atoms with Crippen LogP contribution in [0.1, 0.15) is 31.1 Å². The van der Waals surface area contributed by atoms with E-state index < -0.39 is 0 Å². The van der Waals surface area contributed by atoms with E-state index in [-0.39, 0.29) is 6.04 Å². The highest BCUT2D eigenvalue weighted by Gasteiger charge is 2.15. The van der Waals surface area contributed by atoms with Gasteiger partial charge in [0.2, 0.25) is 0 Å². The van der Waals surface area contributed by atoms with Crippen molar-refractivity contribution in [1.82, 2.24) is 24.6 Å². The van der Waals surface area contributed by atoms with Crippen molar-refractivity contribution in [2.45, 2.75) is 26.4 Å². The molecular formula is C24H27N5O2S. The molecule has 166 valence electrons. The molecule has 0 spiro atoms. The molecule has 0 saturated heterocycles. The van der Waals surface area contributed by atoms with Crippen molar-refractivity contribution in [3.63, 3.8) is 0 Å². The van der Waals surface area contributed by atoms with Crippen molar-refractivity contribution in [2.24, 2.45) is 0 Å². The highest BCUT2D eigenvalue weighted by atomic mass is 32.1. The van der Waals surface area contributed by atoms with Crippen molar-refractivity contribution < 1.29 is 9.47 Å². The number of aromatic nitrogens is 4. The molecule has 0 saturated carbocycles. The Labute approximate surface area is 192 Å². The summed E-state index contributed by atoms with van der Waals surface area (Å²) in [7, 11) is 3.78. The van der Waals surface area contributed by atoms with Gasteiger partial charge in [-0.3, -0.25) is 4.90 Å². The highest BCUT2D eigenvalue weighted by molar-refractivity contribution is 7.13. The minimum absolute atomic E-state index is 0.246. The molecule has 0 N–H and O–H groups in total. The SMILES string of the molecule is CCOc1ccc(-c2nc(CN(C)C(C)c3ccc(-n4cncn4)cc3)cs2)cc1OC. The van der Waals surface area contributed by atoms with Crippen LogP contribution in [0.4, 0.5) is 0 Å². The van der Waals surface area contributed by atoms with E-state index in [0.29, 0.717) is 6.61 Å². The van der Waals surface area contributed by atoms with Crippen molar-refractivity contribution in [2.75, 3.05) is 20.8 Å². The molecule has 4 rings (SSSR count). The molecule has 7 nitrogen and oxygen atoms in total. The van der Waals surface area contributed by atoms with Crippen LogP contribution >= 0.6 is 11.3 Å². The van der Waals surface area contributed by atoms with Crippen molar-refractivity contribution in [3.8, 4) is 27.8 Å². The zero-order valence-corrected chi connectivity index (χ0v) is 19.5. The second-order valence-corrected chi connectivity index (χ2v) is 8.32. The second kappa shape index (κ2) is 9.93. The largest absolute Gasteiger partial charge is 0.493 e. The Bertz CT molecular complexity index is 1140. The highest BCUT2D eigenvalue weighted by Crippen LogP contribution is 2.34. The first-order valence-corrected chi connectivity index (χ1v) is 11.4. The summed E-state index contributed by atoms with van der Waals surface area (Å²) in [5, 5.41) is 7.27. The molecule has 1 atom stereocenters. The molecule has 0 radical (unpaired) electrons. The van der Waals surface area contributed by atoms with Crippen LogP contribution in [0.2, 0.25) is 0 Å². The number of hydrogen-bond donors (Lipinski definition) is 0. The Morgan fingerprint density at radius 2 is 1.94 bits per heavy atom. The van der Waals surface area contributed by atoms with Gasteiger partial charge in [-0.25, -0.2) is 14.6 Å². The first-order chi connectivity index (χ1) is 15.6. The molecule has 0 bridgehead atoms. The van der Waals surface area contributed by atoms with E-state index in [2.05, 4.69) is 58.6 Å². The van der Waals surface area contributed by atoms with Crippen LogP contribution in [-0.2, 0) is 6.54 Å². The standard InChI is InChI=1S/C24H27N5O2S/c1-5-31-22-11-8-19(12-23(22)30-4)24-27-20(14-32-24)13-28(3)17(2)18-6-9-21(10-7-18)29-16-25-15-26-29/h6-12,14-17H,5,13H2,1-4H3. The summed E-state index contributed by atoms with van der Waals surface area (Å²) in [6.07, 6.45) is 3.24. The molecule has 0 aliphatic heterocycles. The Morgan fingerprint density at radius 1 is 1.12 bits per heavy atom. The quantitative estimate of drug-likeness (QED) is 0.359. The fourth-order valence-corrected chi connectivity index (χ4v) is 4.29. The normalized spacial score (nSPS) is 12.2. The van der Waals surface area contributed by atoms with E-state index in [0.717, 1.165) is 40.0 Å². The molecule has 2 aromatic heterocycles. The van der Waals surface area contributed by atoms with Crippen molar-refractivity contribution >= 4 is 11.3 Å². The van der Waals surface area contributed by atoms with Gasteiger partial charge in [0, 0.05) is 23.5 Å². The maximum Gasteiger partial charge on any atom is 0.161 e. The second-order valence-electron chi connectivity index (χ2n) is 7.47. The van der Waals surface area contributed by atoms with Gasteiger partial charge in [-0.15, -0.1) is 11.3 Å². The molecule has 8 heteroatoms. The molecule has 0 aliphatic rings. The van der Waals surface area contributed by atoms with E-state index in [1.807, 2.05) is 25.1 Å². The van der Waals surface area contributed by atoms with E-state index >= 15 is 0 Å². The van der Waals surface area contributed by atoms with Crippen LogP contribution in [0.3, 0.4) is 0 Å². The lowest BCUT2D eigenvalue weighted by Gasteiger charge is -2.24. The lowest BCUT2D eigenvalue weighted by molar-refractivity contribution is 0.250. The van der Waals surface area contributed by atoms with Gasteiger partial charge in [-0.2, -0.15) is 5.10 Å². The van der Waals surface area contributed by atoms with Crippen LogP contribution in [0.25, 0.3) is 16.3 Å². The molecule has 1 unspecified atom stereocenters. The third-order valence-corrected chi connectivity index (χ3v) is 6.33. The Balaban J connectivity index is 1.43. The number of rotatable bonds is 9. The number of thiazole rings is 1. The molecule has 0 amide bonds. The number of hydrogen-bond acceptors (Lipinski definition) is 7. The van der Waals surface area contributed by atoms with Gasteiger partial charge in [0.25, 0.3) is 0 Å². The lowest BCUT2D eigenvalue weighted by Crippen LogP contribution is -2.22. The average Bonchev–Trinajstić information content (AvgIpc) is 3.52. The van der Waals surface area contributed by atoms with Gasteiger partial charge in [-0.05, 0) is 56.8 Å². The fourth-order valence-electron chi connectivity index (χ4n) is 3.48. The van der Waals surface area contributed by atoms with E-state index in [1.54, 1.807) is 29.5 Å². The predicted octanol–water partition coefficient (Wildman–Crippen LogP) is 4.99. The molecular weight excluding hydrogens is 422 g/mol. The van der Waals surface area contributed by atoms with Gasteiger partial charge >= 0.3 is 0 Å². The van der Waals surface area contributed by atoms with E-state index in [4.69, 9.17) is 14.5 Å². The third kappa shape index (κ3) is 4.81. The summed E-state index contributed by atoms with van der Waals surface area (Å²) in [5.41, 5.74) is 4.31. The Morgan fingerprint density at radius 3 is 2.62 bits per heavy atom. The molecule has 2 heterocycles. The lowest BCUT2D eigenvalue weighted by atomic mass is 10.1. The Hall–Kier alpha value is -3.23. The molecule has 4 aromatic rings. The van der Waals surface area contributed by atoms with Crippen LogP contribution in [-0.4, -0.2) is 45.4 Å². The topological polar surface area (TPSA) is 65.3 Å². The summed E-state index contributed by atoms with van der Waals surface area (Å²) in [6.45, 7) is 5.53. The number of methoxy groups -OCH3 is 1. The van der Waals surface area contributed by atoms with Gasteiger partial charge in [-0.1, -0.05) is 12.1 Å². The van der Waals surface area contributed by atoms with Crippen LogP contribution in [0, 0.1) is 0 Å². The van der Waals surface area contributed by atoms with Crippen molar-refractivity contribution in [1.29, 1.82) is 0 Å². The molecule has 2 aromatic carbocycles. The average molecular weight is 450 g/mol. The van der Waals surface area contributed by atoms with Crippen molar-refractivity contribution in [3.05, 3.63) is 71.8 Å². The van der Waals surface area contributed by atoms with Crippen LogP contribution in [0.15, 0.2) is 60.5 Å². The van der Waals surface area contributed by atoms with Crippen LogP contribution < -0.4 is 9.47 Å². The van der Waals surface area contributed by atoms with Gasteiger partial charge in [0.1, 0.15) is 17.7 Å².